The van der Waals surface area contributed by atoms with E-state index in [4.69, 9.17) is 0 Å². The average molecular weight is 363 g/mol. The van der Waals surface area contributed by atoms with Gasteiger partial charge in [0.05, 0.1) is 10.6 Å². The van der Waals surface area contributed by atoms with Crippen molar-refractivity contribution in [3.05, 3.63) is 69.2 Å². The summed E-state index contributed by atoms with van der Waals surface area (Å²) in [4.78, 5) is 0. The Hall–Kier alpha value is -1.40. The summed E-state index contributed by atoms with van der Waals surface area (Å²) >= 11 is 2.93. The summed E-state index contributed by atoms with van der Waals surface area (Å²) in [5, 5.41) is 10.0. The van der Waals surface area contributed by atoms with Crippen LogP contribution in [0.5, 0.6) is 0 Å². The van der Waals surface area contributed by atoms with Gasteiger partial charge >= 0.3 is 0 Å². The zero-order chi connectivity index (χ0) is 15.6. The number of alkyl halides is 2. The lowest BCUT2D eigenvalue weighted by atomic mass is 9.99. The minimum atomic E-state index is -2.67. The molecule has 0 saturated heterocycles. The van der Waals surface area contributed by atoms with E-state index in [2.05, 4.69) is 15.9 Å². The molecule has 1 nitrogen and oxygen atoms in total. The van der Waals surface area contributed by atoms with E-state index in [-0.39, 0.29) is 27.6 Å². The maximum atomic E-state index is 13.8. The number of benzene rings is 2. The third-order valence-electron chi connectivity index (χ3n) is 3.08. The summed E-state index contributed by atoms with van der Waals surface area (Å²) in [5.74, 6) is -1.60. The molecule has 2 rings (SSSR count). The van der Waals surface area contributed by atoms with E-state index in [1.54, 1.807) is 0 Å². The predicted octanol–water partition coefficient (Wildman–Crippen LogP) is 4.94. The lowest BCUT2D eigenvalue weighted by Crippen LogP contribution is -2.06. The first-order valence-electron chi connectivity index (χ1n) is 6.08. The quantitative estimate of drug-likeness (QED) is 0.603. The van der Waals surface area contributed by atoms with Gasteiger partial charge in [-0.25, -0.2) is 17.6 Å². The summed E-state index contributed by atoms with van der Waals surface area (Å²) in [6.45, 7) is 0. The standard InChI is InChI=1S/C15H11BrF4O/c16-11-4-5-12(17)10(14(11)18)7-13(21)8-2-1-3-9(6-8)15(19)20/h1-6,13,15,21H,7H2. The van der Waals surface area contributed by atoms with Crippen LogP contribution in [0.3, 0.4) is 0 Å². The van der Waals surface area contributed by atoms with Crippen LogP contribution in [0.4, 0.5) is 17.6 Å². The molecule has 0 bridgehead atoms. The predicted molar refractivity (Wildman–Crippen MR) is 74.1 cm³/mol. The number of aliphatic hydroxyl groups is 1. The Labute approximate surface area is 127 Å². The van der Waals surface area contributed by atoms with Crippen LogP contribution in [-0.4, -0.2) is 5.11 Å². The van der Waals surface area contributed by atoms with E-state index in [9.17, 15) is 22.7 Å². The minimum absolute atomic E-state index is 0.0763. The summed E-state index contributed by atoms with van der Waals surface area (Å²) < 4.78 is 52.7. The van der Waals surface area contributed by atoms with Crippen LogP contribution < -0.4 is 0 Å². The van der Waals surface area contributed by atoms with Gasteiger partial charge in [-0.3, -0.25) is 0 Å². The van der Waals surface area contributed by atoms with Crippen molar-refractivity contribution < 1.29 is 22.7 Å². The maximum absolute atomic E-state index is 13.8. The molecule has 2 aromatic rings. The van der Waals surface area contributed by atoms with Gasteiger partial charge in [-0.15, -0.1) is 0 Å². The maximum Gasteiger partial charge on any atom is 0.263 e. The van der Waals surface area contributed by atoms with Crippen molar-refractivity contribution in [2.75, 3.05) is 0 Å². The highest BCUT2D eigenvalue weighted by molar-refractivity contribution is 9.10. The van der Waals surface area contributed by atoms with Crippen molar-refractivity contribution in [1.29, 1.82) is 0 Å². The Kier molecular flexibility index (Phi) is 5.00. The first-order valence-corrected chi connectivity index (χ1v) is 6.88. The van der Waals surface area contributed by atoms with Crippen molar-refractivity contribution in [1.82, 2.24) is 0 Å². The first kappa shape index (κ1) is 16.0. The molecule has 1 unspecified atom stereocenters. The Balaban J connectivity index is 2.28. The number of halogens is 5. The summed E-state index contributed by atoms with van der Waals surface area (Å²) in [6, 6.07) is 7.45. The van der Waals surface area contributed by atoms with Crippen molar-refractivity contribution in [3.63, 3.8) is 0 Å². The molecule has 112 valence electrons. The van der Waals surface area contributed by atoms with Crippen LogP contribution in [0.25, 0.3) is 0 Å². The van der Waals surface area contributed by atoms with Crippen LogP contribution in [0.15, 0.2) is 40.9 Å². The second-order valence-corrected chi connectivity index (χ2v) is 5.37. The fourth-order valence-electron chi connectivity index (χ4n) is 1.97. The Morgan fingerprint density at radius 2 is 1.71 bits per heavy atom. The largest absolute Gasteiger partial charge is 0.388 e. The molecule has 1 N–H and O–H groups in total. The van der Waals surface area contributed by atoms with Crippen molar-refractivity contribution in [3.8, 4) is 0 Å². The van der Waals surface area contributed by atoms with E-state index in [0.29, 0.717) is 0 Å². The van der Waals surface area contributed by atoms with Gasteiger partial charge in [-0.2, -0.15) is 0 Å². The molecule has 0 fully saturated rings. The van der Waals surface area contributed by atoms with Gasteiger partial charge in [-0.1, -0.05) is 18.2 Å². The highest BCUT2D eigenvalue weighted by atomic mass is 79.9. The second kappa shape index (κ2) is 6.58. The topological polar surface area (TPSA) is 20.2 Å². The molecule has 0 radical (unpaired) electrons. The van der Waals surface area contributed by atoms with Crippen molar-refractivity contribution >= 4 is 15.9 Å². The Morgan fingerprint density at radius 1 is 1.05 bits per heavy atom. The summed E-state index contributed by atoms with van der Waals surface area (Å²) in [6.07, 6.45) is -4.29. The van der Waals surface area contributed by atoms with Crippen LogP contribution in [0, 0.1) is 11.6 Å². The van der Waals surface area contributed by atoms with E-state index in [1.807, 2.05) is 0 Å². The molecule has 21 heavy (non-hydrogen) atoms. The van der Waals surface area contributed by atoms with Gasteiger partial charge in [0.2, 0.25) is 0 Å². The Bertz CT molecular complexity index is 646. The van der Waals surface area contributed by atoms with Gasteiger partial charge in [0, 0.05) is 17.5 Å². The molecular weight excluding hydrogens is 352 g/mol. The van der Waals surface area contributed by atoms with Gasteiger partial charge < -0.3 is 5.11 Å². The van der Waals surface area contributed by atoms with Crippen LogP contribution in [-0.2, 0) is 6.42 Å². The van der Waals surface area contributed by atoms with Crippen molar-refractivity contribution in [2.45, 2.75) is 19.0 Å². The van der Waals surface area contributed by atoms with Crippen molar-refractivity contribution in [2.24, 2.45) is 0 Å². The van der Waals surface area contributed by atoms with Gasteiger partial charge in [-0.05, 0) is 39.7 Å². The molecular formula is C15H11BrF4O. The van der Waals surface area contributed by atoms with Gasteiger partial charge in [0.15, 0.2) is 0 Å². The molecule has 0 spiro atoms. The third-order valence-corrected chi connectivity index (χ3v) is 3.70. The smallest absolute Gasteiger partial charge is 0.263 e. The number of rotatable bonds is 4. The van der Waals surface area contributed by atoms with E-state index < -0.39 is 24.2 Å². The molecule has 0 saturated carbocycles. The second-order valence-electron chi connectivity index (χ2n) is 4.51. The van der Waals surface area contributed by atoms with Gasteiger partial charge in [0.1, 0.15) is 11.6 Å². The average Bonchev–Trinajstić information content (AvgIpc) is 2.47. The molecule has 1 atom stereocenters. The van der Waals surface area contributed by atoms with Crippen LogP contribution >= 0.6 is 15.9 Å². The number of hydrogen-bond acceptors (Lipinski definition) is 1. The zero-order valence-corrected chi connectivity index (χ0v) is 12.2. The van der Waals surface area contributed by atoms with E-state index in [0.717, 1.165) is 12.1 Å². The molecule has 0 aromatic heterocycles. The van der Waals surface area contributed by atoms with Gasteiger partial charge in [0.25, 0.3) is 6.43 Å². The zero-order valence-electron chi connectivity index (χ0n) is 10.7. The molecule has 0 aliphatic carbocycles. The lowest BCUT2D eigenvalue weighted by Gasteiger charge is -2.14. The third kappa shape index (κ3) is 3.63. The summed E-state index contributed by atoms with van der Waals surface area (Å²) in [7, 11) is 0. The van der Waals surface area contributed by atoms with Crippen LogP contribution in [0.1, 0.15) is 29.2 Å². The molecule has 2 aromatic carbocycles. The fourth-order valence-corrected chi connectivity index (χ4v) is 2.34. The highest BCUT2D eigenvalue weighted by Crippen LogP contribution is 2.28. The molecule has 0 aliphatic rings. The fraction of sp³-hybridized carbons (Fsp3) is 0.200. The SMILES string of the molecule is OC(Cc1c(F)ccc(Br)c1F)c1cccc(C(F)F)c1. The Morgan fingerprint density at radius 3 is 2.38 bits per heavy atom. The molecule has 0 amide bonds. The highest BCUT2D eigenvalue weighted by Gasteiger charge is 2.18. The van der Waals surface area contributed by atoms with Crippen LogP contribution in [0.2, 0.25) is 0 Å². The number of aliphatic hydroxyl groups excluding tert-OH is 1. The molecule has 6 heteroatoms. The monoisotopic (exact) mass is 362 g/mol. The van der Waals surface area contributed by atoms with E-state index >= 15 is 0 Å². The molecule has 0 aliphatic heterocycles. The summed E-state index contributed by atoms with van der Waals surface area (Å²) in [5.41, 5.74) is -0.354. The lowest BCUT2D eigenvalue weighted by molar-refractivity contribution is 0.149. The number of hydrogen-bond donors (Lipinski definition) is 1. The normalized spacial score (nSPS) is 12.7. The first-order chi connectivity index (χ1) is 9.90. The minimum Gasteiger partial charge on any atom is -0.388 e. The molecule has 0 heterocycles. The van der Waals surface area contributed by atoms with E-state index in [1.165, 1.54) is 24.3 Å².